The second-order valence-corrected chi connectivity index (χ2v) is 9.63. The minimum atomic E-state index is 0.354. The van der Waals surface area contributed by atoms with Crippen molar-refractivity contribution in [3.8, 4) is 0 Å². The van der Waals surface area contributed by atoms with E-state index >= 15 is 0 Å². The molecule has 17 heavy (non-hydrogen) atoms. The zero-order valence-corrected chi connectivity index (χ0v) is 13.7. The first-order chi connectivity index (χ1) is 7.75. The van der Waals surface area contributed by atoms with Gasteiger partial charge in [-0.2, -0.15) is 0 Å². The van der Waals surface area contributed by atoms with Gasteiger partial charge in [0.15, 0.2) is 0 Å². The molecule has 0 saturated heterocycles. The summed E-state index contributed by atoms with van der Waals surface area (Å²) < 4.78 is 0.354. The van der Waals surface area contributed by atoms with Crippen LogP contribution in [0, 0.1) is 29.1 Å². The number of hydrogen-bond donors (Lipinski definition) is 1. The van der Waals surface area contributed by atoms with Crippen LogP contribution in [0.25, 0.3) is 0 Å². The highest BCUT2D eigenvalue weighted by Crippen LogP contribution is 2.58. The van der Waals surface area contributed by atoms with Crippen LogP contribution < -0.4 is 0 Å². The number of hydrogen-bond acceptors (Lipinski definition) is 2. The van der Waals surface area contributed by atoms with E-state index in [4.69, 9.17) is 0 Å². The van der Waals surface area contributed by atoms with Crippen LogP contribution in [0.4, 0.5) is 0 Å². The summed E-state index contributed by atoms with van der Waals surface area (Å²) in [7, 11) is 1.77. The van der Waals surface area contributed by atoms with Gasteiger partial charge in [-0.05, 0) is 68.6 Å². The average molecular weight is 273 g/mol. The summed E-state index contributed by atoms with van der Waals surface area (Å²) in [5, 5.41) is 0. The summed E-state index contributed by atoms with van der Waals surface area (Å²) in [6, 6.07) is 0. The summed E-state index contributed by atoms with van der Waals surface area (Å²) in [5.74, 6) is 3.82. The van der Waals surface area contributed by atoms with E-state index in [1.54, 1.807) is 10.8 Å². The third-order valence-electron chi connectivity index (χ3n) is 5.32. The van der Waals surface area contributed by atoms with Crippen molar-refractivity contribution in [1.82, 2.24) is 0 Å². The Bertz CT molecular complexity index is 263. The first-order valence-corrected chi connectivity index (χ1v) is 8.95. The molecule has 0 aromatic heterocycles. The molecule has 2 unspecified atom stereocenters. The van der Waals surface area contributed by atoms with Crippen LogP contribution in [0.1, 0.15) is 60.3 Å². The van der Waals surface area contributed by atoms with Crippen molar-refractivity contribution in [2.24, 2.45) is 29.1 Å². The van der Waals surface area contributed by atoms with Gasteiger partial charge in [0.05, 0.1) is 0 Å². The van der Waals surface area contributed by atoms with E-state index in [-0.39, 0.29) is 0 Å². The fraction of sp³-hybridized carbons (Fsp3) is 1.00. The van der Waals surface area contributed by atoms with Gasteiger partial charge in [0.25, 0.3) is 0 Å². The maximum Gasteiger partial charge on any atom is 0.0233 e. The maximum absolute atomic E-state index is 4.49. The third kappa shape index (κ3) is 2.68. The molecule has 0 aromatic carbocycles. The van der Waals surface area contributed by atoms with Crippen molar-refractivity contribution in [2.45, 2.75) is 65.0 Å². The quantitative estimate of drug-likeness (QED) is 0.516. The standard InChI is InChI=1S/C15H28S2/c1-14(2,3)13-10-6-7-11(13)9-12(8-10)15(4,5)17-16/h10-13,16H,6-9H2,1-5H3. The first-order valence-electron chi connectivity index (χ1n) is 7.08. The van der Waals surface area contributed by atoms with Crippen LogP contribution in [0.3, 0.4) is 0 Å². The highest BCUT2D eigenvalue weighted by Gasteiger charge is 2.50. The lowest BCUT2D eigenvalue weighted by atomic mass is 9.61. The average Bonchev–Trinajstić information content (AvgIpc) is 2.50. The Morgan fingerprint density at radius 3 is 1.76 bits per heavy atom. The molecule has 2 atom stereocenters. The van der Waals surface area contributed by atoms with E-state index in [2.05, 4.69) is 46.3 Å². The van der Waals surface area contributed by atoms with Crippen LogP contribution in [0.15, 0.2) is 0 Å². The Morgan fingerprint density at radius 2 is 1.41 bits per heavy atom. The SMILES string of the molecule is CC(C)(C)C1C2CCC1CC(C(C)(C)SS)C2. The van der Waals surface area contributed by atoms with Crippen molar-refractivity contribution in [1.29, 1.82) is 0 Å². The number of thiol groups is 1. The normalized spacial score (nSPS) is 38.5. The molecule has 0 spiro atoms. The molecule has 0 amide bonds. The first kappa shape index (κ1) is 14.1. The van der Waals surface area contributed by atoms with Gasteiger partial charge in [-0.3, -0.25) is 0 Å². The molecule has 2 heteroatoms. The predicted molar refractivity (Wildman–Crippen MR) is 82.5 cm³/mol. The molecule has 2 saturated carbocycles. The smallest absolute Gasteiger partial charge is 0.0233 e. The summed E-state index contributed by atoms with van der Waals surface area (Å²) in [6.07, 6.45) is 5.85. The Hall–Kier alpha value is 0.700. The molecular weight excluding hydrogens is 244 g/mol. The van der Waals surface area contributed by atoms with Gasteiger partial charge in [0.1, 0.15) is 0 Å². The monoisotopic (exact) mass is 272 g/mol. The molecule has 2 aliphatic carbocycles. The molecule has 0 aliphatic heterocycles. The largest absolute Gasteiger partial charge is 0.111 e. The van der Waals surface area contributed by atoms with Crippen LogP contribution in [0.2, 0.25) is 0 Å². The predicted octanol–water partition coefficient (Wildman–Crippen LogP) is 5.44. The Labute approximate surface area is 117 Å². The fourth-order valence-corrected chi connectivity index (χ4v) is 5.37. The topological polar surface area (TPSA) is 0 Å². The number of rotatable bonds is 2. The molecule has 2 fully saturated rings. The van der Waals surface area contributed by atoms with E-state index in [0.717, 1.165) is 23.7 Å². The molecule has 0 nitrogen and oxygen atoms in total. The lowest BCUT2D eigenvalue weighted by molar-refractivity contribution is 0.0602. The van der Waals surface area contributed by atoms with Gasteiger partial charge >= 0.3 is 0 Å². The molecule has 0 aromatic rings. The molecule has 0 N–H and O–H groups in total. The van der Waals surface area contributed by atoms with Crippen molar-refractivity contribution >= 4 is 22.5 Å². The minimum Gasteiger partial charge on any atom is -0.111 e. The van der Waals surface area contributed by atoms with Gasteiger partial charge < -0.3 is 0 Å². The highest BCUT2D eigenvalue weighted by molar-refractivity contribution is 8.69. The van der Waals surface area contributed by atoms with Gasteiger partial charge in [0.2, 0.25) is 0 Å². The zero-order valence-electron chi connectivity index (χ0n) is 12.0. The molecule has 100 valence electrons. The molecular formula is C15H28S2. The van der Waals surface area contributed by atoms with Crippen molar-refractivity contribution in [3.63, 3.8) is 0 Å². The lowest BCUT2D eigenvalue weighted by Crippen LogP contribution is -2.40. The van der Waals surface area contributed by atoms with Crippen LogP contribution in [-0.2, 0) is 0 Å². The highest BCUT2D eigenvalue weighted by atomic mass is 33.1. The van der Waals surface area contributed by atoms with Crippen molar-refractivity contribution in [3.05, 3.63) is 0 Å². The third-order valence-corrected chi connectivity index (χ3v) is 7.53. The van der Waals surface area contributed by atoms with E-state index in [1.165, 1.54) is 25.7 Å². The molecule has 2 bridgehead atoms. The van der Waals surface area contributed by atoms with Gasteiger partial charge in [-0.1, -0.05) is 31.6 Å². The fourth-order valence-electron chi connectivity index (χ4n) is 4.58. The second-order valence-electron chi connectivity index (χ2n) is 7.85. The van der Waals surface area contributed by atoms with Crippen LogP contribution in [-0.4, -0.2) is 4.75 Å². The minimum absolute atomic E-state index is 0.354. The van der Waals surface area contributed by atoms with Crippen molar-refractivity contribution < 1.29 is 0 Å². The molecule has 0 heterocycles. The summed E-state index contributed by atoms with van der Waals surface area (Å²) in [6.45, 7) is 12.1. The Balaban J connectivity index is 2.12. The molecule has 2 aliphatic rings. The van der Waals surface area contributed by atoms with Gasteiger partial charge in [-0.25, -0.2) is 0 Å². The van der Waals surface area contributed by atoms with E-state index in [1.807, 2.05) is 0 Å². The second kappa shape index (κ2) is 4.67. The summed E-state index contributed by atoms with van der Waals surface area (Å²) >= 11 is 4.49. The van der Waals surface area contributed by atoms with Crippen LogP contribution in [0.5, 0.6) is 0 Å². The lowest BCUT2D eigenvalue weighted by Gasteiger charge is -2.46. The van der Waals surface area contributed by atoms with Crippen LogP contribution >= 0.6 is 22.5 Å². The number of fused-ring (bicyclic) bond motifs is 2. The van der Waals surface area contributed by atoms with E-state index in [0.29, 0.717) is 10.2 Å². The van der Waals surface area contributed by atoms with E-state index in [9.17, 15) is 0 Å². The Kier molecular flexibility index (Phi) is 3.88. The zero-order chi connectivity index (χ0) is 12.8. The maximum atomic E-state index is 4.49. The Morgan fingerprint density at radius 1 is 0.941 bits per heavy atom. The summed E-state index contributed by atoms with van der Waals surface area (Å²) in [5.41, 5.74) is 0.509. The van der Waals surface area contributed by atoms with E-state index < -0.39 is 0 Å². The molecule has 2 rings (SSSR count). The van der Waals surface area contributed by atoms with Crippen molar-refractivity contribution in [2.75, 3.05) is 0 Å². The summed E-state index contributed by atoms with van der Waals surface area (Å²) in [4.78, 5) is 0. The molecule has 0 radical (unpaired) electrons. The van der Waals surface area contributed by atoms with Gasteiger partial charge in [0, 0.05) is 4.75 Å². The van der Waals surface area contributed by atoms with Gasteiger partial charge in [-0.15, -0.1) is 11.7 Å².